The Morgan fingerprint density at radius 3 is 2.31 bits per heavy atom. The van der Waals surface area contributed by atoms with Crippen LogP contribution in [0.2, 0.25) is 0 Å². The highest BCUT2D eigenvalue weighted by Gasteiger charge is 2.24. The number of methoxy groups -OCH3 is 1. The van der Waals surface area contributed by atoms with Crippen LogP contribution in [0.25, 0.3) is 0 Å². The Kier molecular flexibility index (Phi) is 7.11. The molecule has 3 rings (SSSR count). The second-order valence-electron chi connectivity index (χ2n) is 6.94. The summed E-state index contributed by atoms with van der Waals surface area (Å²) < 4.78 is 32.4. The van der Waals surface area contributed by atoms with Gasteiger partial charge in [-0.1, -0.05) is 25.0 Å². The normalized spacial score (nSPS) is 15.3. The number of carbonyl (C=O) groups is 1. The number of sulfonamides is 1. The summed E-state index contributed by atoms with van der Waals surface area (Å²) >= 11 is 0. The fourth-order valence-corrected chi connectivity index (χ4v) is 4.83. The topological polar surface area (TPSA) is 87.7 Å². The van der Waals surface area contributed by atoms with Gasteiger partial charge in [0.25, 0.3) is 0 Å². The molecule has 1 amide bonds. The zero-order valence-corrected chi connectivity index (χ0v) is 17.4. The van der Waals surface area contributed by atoms with Crippen LogP contribution < -0.4 is 15.4 Å². The fourth-order valence-electron chi connectivity index (χ4n) is 3.31. The van der Waals surface area contributed by atoms with Gasteiger partial charge in [0.2, 0.25) is 15.9 Å². The van der Waals surface area contributed by atoms with Crippen LogP contribution in [-0.4, -0.2) is 45.4 Å². The monoisotopic (exact) mass is 417 g/mol. The molecule has 0 bridgehead atoms. The van der Waals surface area contributed by atoms with E-state index in [1.165, 1.54) is 0 Å². The number of nitrogens with zero attached hydrogens (tertiary/aromatic N) is 1. The number of ether oxygens (including phenoxy) is 1. The first-order valence-electron chi connectivity index (χ1n) is 9.77. The Bertz CT molecular complexity index is 921. The molecule has 0 radical (unpaired) electrons. The highest BCUT2D eigenvalue weighted by atomic mass is 32.2. The summed E-state index contributed by atoms with van der Waals surface area (Å²) in [6.45, 7) is 1.19. The summed E-state index contributed by atoms with van der Waals surface area (Å²) in [5, 5.41) is 5.80. The lowest BCUT2D eigenvalue weighted by Gasteiger charge is -2.20. The van der Waals surface area contributed by atoms with Crippen LogP contribution in [-0.2, 0) is 14.8 Å². The molecule has 2 N–H and O–H groups in total. The molecule has 0 saturated carbocycles. The standard InChI is InChI=1S/C21H27N3O4S/c1-28-20-9-5-4-8-19(20)22-16-21(25)23-17-10-12-18(13-11-17)29(26,27)24-14-6-2-3-7-15-24/h4-5,8-13,22H,2-3,6-7,14-16H2,1H3,(H,23,25). The van der Waals surface area contributed by atoms with Crippen LogP contribution in [0.5, 0.6) is 5.75 Å². The molecule has 0 unspecified atom stereocenters. The third-order valence-corrected chi connectivity index (χ3v) is 6.80. The van der Waals surface area contributed by atoms with E-state index in [0.717, 1.165) is 31.4 Å². The van der Waals surface area contributed by atoms with E-state index in [-0.39, 0.29) is 17.3 Å². The van der Waals surface area contributed by atoms with Crippen molar-refractivity contribution >= 4 is 27.3 Å². The van der Waals surface area contributed by atoms with E-state index in [4.69, 9.17) is 4.74 Å². The molecule has 2 aromatic carbocycles. The lowest BCUT2D eigenvalue weighted by molar-refractivity contribution is -0.114. The predicted molar refractivity (Wildman–Crippen MR) is 114 cm³/mol. The molecule has 156 valence electrons. The summed E-state index contributed by atoms with van der Waals surface area (Å²) in [6, 6.07) is 13.7. The first-order valence-corrected chi connectivity index (χ1v) is 11.2. The van der Waals surface area contributed by atoms with E-state index in [2.05, 4.69) is 10.6 Å². The molecule has 8 heteroatoms. The Labute approximate surface area is 172 Å². The van der Waals surface area contributed by atoms with Crippen molar-refractivity contribution in [1.82, 2.24) is 4.31 Å². The summed E-state index contributed by atoms with van der Waals surface area (Å²) in [5.41, 5.74) is 1.27. The van der Waals surface area contributed by atoms with Crippen molar-refractivity contribution in [2.75, 3.05) is 37.4 Å². The molecule has 1 aliphatic heterocycles. The molecule has 0 aliphatic carbocycles. The van der Waals surface area contributed by atoms with Crippen LogP contribution in [0.3, 0.4) is 0 Å². The van der Waals surface area contributed by atoms with E-state index in [9.17, 15) is 13.2 Å². The minimum absolute atomic E-state index is 0.0637. The summed E-state index contributed by atoms with van der Waals surface area (Å²) in [4.78, 5) is 12.5. The Balaban J connectivity index is 1.59. The predicted octanol–water partition coefficient (Wildman–Crippen LogP) is 3.31. The van der Waals surface area contributed by atoms with Gasteiger partial charge in [-0.25, -0.2) is 8.42 Å². The van der Waals surface area contributed by atoms with Gasteiger partial charge in [0.1, 0.15) is 5.75 Å². The molecule has 29 heavy (non-hydrogen) atoms. The highest BCUT2D eigenvalue weighted by molar-refractivity contribution is 7.89. The number of amides is 1. The lowest BCUT2D eigenvalue weighted by atomic mass is 10.2. The van der Waals surface area contributed by atoms with Crippen molar-refractivity contribution in [3.8, 4) is 5.75 Å². The number of hydrogen-bond donors (Lipinski definition) is 2. The third-order valence-electron chi connectivity index (χ3n) is 4.89. The van der Waals surface area contributed by atoms with Gasteiger partial charge in [0, 0.05) is 18.8 Å². The maximum atomic E-state index is 12.8. The average molecular weight is 418 g/mol. The number of hydrogen-bond acceptors (Lipinski definition) is 5. The van der Waals surface area contributed by atoms with Gasteiger partial charge in [-0.15, -0.1) is 0 Å². The second kappa shape index (κ2) is 9.76. The van der Waals surface area contributed by atoms with Gasteiger partial charge in [0.05, 0.1) is 24.2 Å². The molecular weight excluding hydrogens is 390 g/mol. The first kappa shape index (κ1) is 21.1. The molecule has 0 atom stereocenters. The Hall–Kier alpha value is -2.58. The molecule has 1 aliphatic rings. The molecule has 1 saturated heterocycles. The zero-order chi connectivity index (χ0) is 20.7. The second-order valence-corrected chi connectivity index (χ2v) is 8.88. The highest BCUT2D eigenvalue weighted by Crippen LogP contribution is 2.23. The number of para-hydroxylation sites is 2. The molecule has 1 fully saturated rings. The maximum absolute atomic E-state index is 12.8. The molecule has 2 aromatic rings. The maximum Gasteiger partial charge on any atom is 0.243 e. The van der Waals surface area contributed by atoms with Gasteiger partial charge in [-0.05, 0) is 49.2 Å². The van der Waals surface area contributed by atoms with Gasteiger partial charge in [-0.2, -0.15) is 4.31 Å². The minimum atomic E-state index is -3.49. The van der Waals surface area contributed by atoms with Crippen molar-refractivity contribution in [1.29, 1.82) is 0 Å². The van der Waals surface area contributed by atoms with Crippen molar-refractivity contribution in [2.45, 2.75) is 30.6 Å². The number of anilines is 2. The quantitative estimate of drug-likeness (QED) is 0.722. The van der Waals surface area contributed by atoms with Crippen LogP contribution in [0.15, 0.2) is 53.4 Å². The fraction of sp³-hybridized carbons (Fsp3) is 0.381. The molecule has 0 aromatic heterocycles. The number of benzene rings is 2. The van der Waals surface area contributed by atoms with E-state index in [1.54, 1.807) is 35.7 Å². The van der Waals surface area contributed by atoms with Crippen LogP contribution in [0.4, 0.5) is 11.4 Å². The average Bonchev–Trinajstić information content (AvgIpc) is 3.03. The van der Waals surface area contributed by atoms with Crippen LogP contribution in [0, 0.1) is 0 Å². The van der Waals surface area contributed by atoms with Crippen molar-refractivity contribution in [3.63, 3.8) is 0 Å². The van der Waals surface area contributed by atoms with Gasteiger partial charge < -0.3 is 15.4 Å². The van der Waals surface area contributed by atoms with E-state index < -0.39 is 10.0 Å². The molecular formula is C21H27N3O4S. The number of nitrogens with one attached hydrogen (secondary N) is 2. The Morgan fingerprint density at radius 1 is 1.00 bits per heavy atom. The first-order chi connectivity index (χ1) is 14.0. The van der Waals surface area contributed by atoms with E-state index in [1.807, 2.05) is 24.3 Å². The zero-order valence-electron chi connectivity index (χ0n) is 16.6. The smallest absolute Gasteiger partial charge is 0.243 e. The minimum Gasteiger partial charge on any atom is -0.495 e. The van der Waals surface area contributed by atoms with E-state index in [0.29, 0.717) is 24.5 Å². The van der Waals surface area contributed by atoms with E-state index >= 15 is 0 Å². The van der Waals surface area contributed by atoms with Crippen LogP contribution >= 0.6 is 0 Å². The third kappa shape index (κ3) is 5.48. The molecule has 7 nitrogen and oxygen atoms in total. The van der Waals surface area contributed by atoms with Crippen LogP contribution in [0.1, 0.15) is 25.7 Å². The SMILES string of the molecule is COc1ccccc1NCC(=O)Nc1ccc(S(=O)(=O)N2CCCCCC2)cc1. The van der Waals surface area contributed by atoms with Gasteiger partial charge in [0.15, 0.2) is 0 Å². The Morgan fingerprint density at radius 2 is 1.66 bits per heavy atom. The lowest BCUT2D eigenvalue weighted by Crippen LogP contribution is -2.31. The largest absolute Gasteiger partial charge is 0.495 e. The number of carbonyl (C=O) groups excluding carboxylic acids is 1. The van der Waals surface area contributed by atoms with Gasteiger partial charge >= 0.3 is 0 Å². The van der Waals surface area contributed by atoms with Crippen molar-refractivity contribution in [3.05, 3.63) is 48.5 Å². The molecule has 0 spiro atoms. The summed E-state index contributed by atoms with van der Waals surface area (Å²) in [7, 11) is -1.92. The molecule has 1 heterocycles. The number of rotatable bonds is 7. The summed E-state index contributed by atoms with van der Waals surface area (Å²) in [5.74, 6) is 0.419. The van der Waals surface area contributed by atoms with Gasteiger partial charge in [-0.3, -0.25) is 4.79 Å². The van der Waals surface area contributed by atoms with Crippen molar-refractivity contribution < 1.29 is 17.9 Å². The van der Waals surface area contributed by atoms with Crippen molar-refractivity contribution in [2.24, 2.45) is 0 Å². The summed E-state index contributed by atoms with van der Waals surface area (Å²) in [6.07, 6.45) is 3.93.